The third-order valence-electron chi connectivity index (χ3n) is 3.30. The second kappa shape index (κ2) is 7.42. The van der Waals surface area contributed by atoms with E-state index in [0.29, 0.717) is 0 Å². The van der Waals surface area contributed by atoms with Gasteiger partial charge in [0.1, 0.15) is 11.1 Å². The van der Waals surface area contributed by atoms with Crippen molar-refractivity contribution in [2.45, 2.75) is 12.5 Å². The number of aliphatic carboxylic acids is 1. The van der Waals surface area contributed by atoms with E-state index in [2.05, 4.69) is 5.32 Å². The fourth-order valence-corrected chi connectivity index (χ4v) is 2.51. The van der Waals surface area contributed by atoms with Crippen LogP contribution < -0.4 is 5.32 Å². The van der Waals surface area contributed by atoms with E-state index in [-0.39, 0.29) is 17.0 Å². The smallest absolute Gasteiger partial charge is 0.326 e. The average Bonchev–Trinajstić information content (AvgIpc) is 2.56. The molecule has 0 saturated carbocycles. The van der Waals surface area contributed by atoms with Crippen molar-refractivity contribution in [3.8, 4) is 11.5 Å². The summed E-state index contributed by atoms with van der Waals surface area (Å²) in [5, 5.41) is 30.2. The lowest BCUT2D eigenvalue weighted by Gasteiger charge is -2.16. The predicted octanol–water partition coefficient (Wildman–Crippen LogP) is 2.83. The number of benzene rings is 2. The first-order valence-corrected chi connectivity index (χ1v) is 7.54. The average molecular weight is 370 g/mol. The first kappa shape index (κ1) is 17.9. The Kier molecular flexibility index (Phi) is 5.54. The van der Waals surface area contributed by atoms with Gasteiger partial charge in [0, 0.05) is 6.42 Å². The highest BCUT2D eigenvalue weighted by Gasteiger charge is 2.25. The Hall–Kier alpha value is -2.44. The van der Waals surface area contributed by atoms with Crippen LogP contribution in [0.1, 0.15) is 15.9 Å². The molecule has 0 aliphatic carbocycles. The molecule has 2 aromatic rings. The van der Waals surface area contributed by atoms with Crippen molar-refractivity contribution in [3.63, 3.8) is 0 Å². The third-order valence-corrected chi connectivity index (χ3v) is 3.95. The Morgan fingerprint density at radius 3 is 2.29 bits per heavy atom. The number of rotatable bonds is 5. The molecule has 1 unspecified atom stereocenters. The number of carboxylic acid groups (broad SMARTS) is 1. The molecule has 0 saturated heterocycles. The quantitative estimate of drug-likeness (QED) is 0.648. The van der Waals surface area contributed by atoms with E-state index >= 15 is 0 Å². The molecule has 0 heterocycles. The topological polar surface area (TPSA) is 107 Å². The molecule has 0 aliphatic rings. The molecule has 2 rings (SSSR count). The SMILES string of the molecule is O=C(NC(Cc1ccccc1)C(=O)O)c1cc(Cl)c(O)c(Cl)c1O. The molecule has 4 N–H and O–H groups in total. The molecule has 126 valence electrons. The van der Waals surface area contributed by atoms with Crippen molar-refractivity contribution in [1.29, 1.82) is 0 Å². The first-order valence-electron chi connectivity index (χ1n) is 6.78. The minimum atomic E-state index is -1.23. The summed E-state index contributed by atoms with van der Waals surface area (Å²) >= 11 is 11.4. The molecular formula is C16H13Cl2NO5. The summed E-state index contributed by atoms with van der Waals surface area (Å²) in [6.45, 7) is 0. The number of phenols is 2. The minimum Gasteiger partial charge on any atom is -0.505 e. The van der Waals surface area contributed by atoms with Crippen LogP contribution in [0.25, 0.3) is 0 Å². The van der Waals surface area contributed by atoms with Gasteiger partial charge in [-0.25, -0.2) is 4.79 Å². The monoisotopic (exact) mass is 369 g/mol. The number of aromatic hydroxyl groups is 2. The number of nitrogens with one attached hydrogen (secondary N) is 1. The number of carbonyl (C=O) groups is 2. The number of hydrogen-bond donors (Lipinski definition) is 4. The number of halogens is 2. The van der Waals surface area contributed by atoms with Crippen molar-refractivity contribution < 1.29 is 24.9 Å². The fourth-order valence-electron chi connectivity index (χ4n) is 2.06. The third kappa shape index (κ3) is 3.90. The van der Waals surface area contributed by atoms with Gasteiger partial charge in [0.2, 0.25) is 0 Å². The molecule has 2 aromatic carbocycles. The zero-order valence-corrected chi connectivity index (χ0v) is 13.7. The molecular weight excluding hydrogens is 357 g/mol. The molecule has 0 radical (unpaired) electrons. The molecule has 0 spiro atoms. The first-order chi connectivity index (χ1) is 11.3. The Morgan fingerprint density at radius 2 is 1.71 bits per heavy atom. The largest absolute Gasteiger partial charge is 0.505 e. The van der Waals surface area contributed by atoms with E-state index in [9.17, 15) is 24.9 Å². The molecule has 0 aromatic heterocycles. The molecule has 1 amide bonds. The molecule has 6 nitrogen and oxygen atoms in total. The van der Waals surface area contributed by atoms with Crippen LogP contribution in [-0.4, -0.2) is 33.2 Å². The second-order valence-corrected chi connectivity index (χ2v) is 5.76. The minimum absolute atomic E-state index is 0.0578. The number of amides is 1. The number of carboxylic acids is 1. The van der Waals surface area contributed by atoms with Gasteiger partial charge in [0.25, 0.3) is 5.91 Å². The van der Waals surface area contributed by atoms with Crippen molar-refractivity contribution in [3.05, 3.63) is 57.6 Å². The maximum Gasteiger partial charge on any atom is 0.326 e. The Balaban J connectivity index is 2.24. The van der Waals surface area contributed by atoms with Crippen LogP contribution in [0.5, 0.6) is 11.5 Å². The van der Waals surface area contributed by atoms with Crippen molar-refractivity contribution in [1.82, 2.24) is 5.32 Å². The van der Waals surface area contributed by atoms with Crippen molar-refractivity contribution in [2.24, 2.45) is 0 Å². The lowest BCUT2D eigenvalue weighted by molar-refractivity contribution is -0.139. The number of hydrogen-bond acceptors (Lipinski definition) is 4. The van der Waals surface area contributed by atoms with Gasteiger partial charge in [-0.1, -0.05) is 53.5 Å². The van der Waals surface area contributed by atoms with Gasteiger partial charge in [-0.05, 0) is 11.6 Å². The fraction of sp³-hybridized carbons (Fsp3) is 0.125. The maximum absolute atomic E-state index is 12.3. The summed E-state index contributed by atoms with van der Waals surface area (Å²) < 4.78 is 0. The molecule has 8 heteroatoms. The van der Waals surface area contributed by atoms with E-state index in [4.69, 9.17) is 23.2 Å². The van der Waals surface area contributed by atoms with Crippen LogP contribution in [0.3, 0.4) is 0 Å². The zero-order valence-electron chi connectivity index (χ0n) is 12.2. The van der Waals surface area contributed by atoms with Gasteiger partial charge >= 0.3 is 5.97 Å². The Bertz CT molecular complexity index is 780. The standard InChI is InChI=1S/C16H13Cl2NO5/c17-10-7-9(13(20)12(18)14(10)21)15(22)19-11(16(23)24)6-8-4-2-1-3-5-8/h1-5,7,11,20-21H,6H2,(H,19,22)(H,23,24). The van der Waals surface area contributed by atoms with E-state index in [1.54, 1.807) is 30.3 Å². The van der Waals surface area contributed by atoms with E-state index in [1.807, 2.05) is 0 Å². The van der Waals surface area contributed by atoms with Gasteiger partial charge in [-0.15, -0.1) is 0 Å². The van der Waals surface area contributed by atoms with E-state index < -0.39 is 34.4 Å². The normalized spacial score (nSPS) is 11.8. The van der Waals surface area contributed by atoms with Crippen LogP contribution >= 0.6 is 23.2 Å². The van der Waals surface area contributed by atoms with Gasteiger partial charge in [-0.2, -0.15) is 0 Å². The molecule has 0 aliphatic heterocycles. The highest BCUT2D eigenvalue weighted by molar-refractivity contribution is 6.38. The van der Waals surface area contributed by atoms with Crippen LogP contribution in [0, 0.1) is 0 Å². The molecule has 1 atom stereocenters. The van der Waals surface area contributed by atoms with Crippen LogP contribution in [0.15, 0.2) is 36.4 Å². The summed E-state index contributed by atoms with van der Waals surface area (Å²) in [5.74, 6) is -3.35. The van der Waals surface area contributed by atoms with E-state index in [1.165, 1.54) is 0 Å². The molecule has 24 heavy (non-hydrogen) atoms. The summed E-state index contributed by atoms with van der Waals surface area (Å²) in [7, 11) is 0. The number of carbonyl (C=O) groups excluding carboxylic acids is 1. The second-order valence-electron chi connectivity index (χ2n) is 4.97. The van der Waals surface area contributed by atoms with Crippen LogP contribution in [0.2, 0.25) is 10.0 Å². The summed E-state index contributed by atoms with van der Waals surface area (Å²) in [6.07, 6.45) is 0.0578. The highest BCUT2D eigenvalue weighted by Crippen LogP contribution is 2.40. The Labute approximate surface area is 147 Å². The summed E-state index contributed by atoms with van der Waals surface area (Å²) in [6, 6.07) is 8.54. The van der Waals surface area contributed by atoms with E-state index in [0.717, 1.165) is 11.6 Å². The van der Waals surface area contributed by atoms with Crippen LogP contribution in [-0.2, 0) is 11.2 Å². The van der Waals surface area contributed by atoms with Gasteiger partial charge in [0.15, 0.2) is 11.5 Å². The van der Waals surface area contributed by atoms with Gasteiger partial charge < -0.3 is 20.6 Å². The van der Waals surface area contributed by atoms with Gasteiger partial charge in [-0.3, -0.25) is 4.79 Å². The highest BCUT2D eigenvalue weighted by atomic mass is 35.5. The lowest BCUT2D eigenvalue weighted by Crippen LogP contribution is -2.42. The summed E-state index contributed by atoms with van der Waals surface area (Å²) in [5.41, 5.74) is 0.387. The van der Waals surface area contributed by atoms with Crippen LogP contribution in [0.4, 0.5) is 0 Å². The molecule has 0 bridgehead atoms. The van der Waals surface area contributed by atoms with Gasteiger partial charge in [0.05, 0.1) is 10.6 Å². The summed E-state index contributed by atoms with van der Waals surface area (Å²) in [4.78, 5) is 23.6. The number of phenolic OH excluding ortho intramolecular Hbond substituents is 2. The van der Waals surface area contributed by atoms with Crippen molar-refractivity contribution >= 4 is 35.1 Å². The predicted molar refractivity (Wildman–Crippen MR) is 88.8 cm³/mol. The lowest BCUT2D eigenvalue weighted by atomic mass is 10.1. The Morgan fingerprint density at radius 1 is 1.08 bits per heavy atom. The molecule has 0 fully saturated rings. The van der Waals surface area contributed by atoms with Crippen molar-refractivity contribution in [2.75, 3.05) is 0 Å². The maximum atomic E-state index is 12.3. The zero-order chi connectivity index (χ0) is 17.9.